The molecular weight excluding hydrogens is 525 g/mol. The maximum Gasteiger partial charge on any atom is 0.243 e. The Morgan fingerprint density at radius 3 is 2.59 bits per heavy atom. The molecule has 0 bridgehead atoms. The summed E-state index contributed by atoms with van der Waals surface area (Å²) in [6, 6.07) is 4.25. The number of halogens is 1. The molecule has 1 aliphatic rings. The smallest absolute Gasteiger partial charge is 0.243 e. The average Bonchev–Trinajstić information content (AvgIpc) is 3.19. The van der Waals surface area contributed by atoms with Crippen LogP contribution in [0.4, 0.5) is 0 Å². The summed E-state index contributed by atoms with van der Waals surface area (Å²) in [6.07, 6.45) is 2.31. The minimum Gasteiger partial charge on any atom is -0.356 e. The lowest BCUT2D eigenvalue weighted by molar-refractivity contribution is -0.127. The van der Waals surface area contributed by atoms with Gasteiger partial charge >= 0.3 is 0 Å². The Hall–Kier alpha value is -0.920. The van der Waals surface area contributed by atoms with E-state index in [0.29, 0.717) is 38.4 Å². The number of hydrogen-bond donors (Lipinski definition) is 2. The second-order valence-corrected chi connectivity index (χ2v) is 10.2. The van der Waals surface area contributed by atoms with Gasteiger partial charge in [0.1, 0.15) is 6.54 Å². The fourth-order valence-electron chi connectivity index (χ4n) is 2.85. The second kappa shape index (κ2) is 12.7. The van der Waals surface area contributed by atoms with Crippen LogP contribution in [0.15, 0.2) is 22.5 Å². The van der Waals surface area contributed by atoms with E-state index in [2.05, 4.69) is 27.1 Å². The Morgan fingerprint density at radius 1 is 1.34 bits per heavy atom. The van der Waals surface area contributed by atoms with Gasteiger partial charge in [0, 0.05) is 44.6 Å². The Bertz CT molecular complexity index is 746. The molecule has 11 heteroatoms. The van der Waals surface area contributed by atoms with Gasteiger partial charge in [-0.05, 0) is 37.6 Å². The Balaban J connectivity index is 0.00000420. The van der Waals surface area contributed by atoms with Crippen LogP contribution in [-0.4, -0.2) is 81.6 Å². The van der Waals surface area contributed by atoms with Gasteiger partial charge in [-0.15, -0.1) is 35.3 Å². The third kappa shape index (κ3) is 8.77. The number of amides is 1. The quantitative estimate of drug-likeness (QED) is 0.286. The number of aliphatic imine (C=N–C) groups is 1. The number of carbonyl (C=O) groups excluding carboxylic acids is 1. The number of guanidine groups is 1. The highest BCUT2D eigenvalue weighted by atomic mass is 127. The van der Waals surface area contributed by atoms with Crippen LogP contribution >= 0.6 is 35.3 Å². The molecule has 29 heavy (non-hydrogen) atoms. The summed E-state index contributed by atoms with van der Waals surface area (Å²) in [5.41, 5.74) is 0. The minimum atomic E-state index is -3.13. The summed E-state index contributed by atoms with van der Waals surface area (Å²) in [5, 5.41) is 8.72. The third-order valence-electron chi connectivity index (χ3n) is 4.67. The fourth-order valence-corrected chi connectivity index (χ4v) is 4.70. The first-order chi connectivity index (χ1) is 13.3. The van der Waals surface area contributed by atoms with E-state index in [1.807, 2.05) is 6.07 Å². The van der Waals surface area contributed by atoms with E-state index in [1.54, 1.807) is 36.7 Å². The lowest BCUT2D eigenvalue weighted by Gasteiger charge is -2.32. The van der Waals surface area contributed by atoms with Gasteiger partial charge in [-0.1, -0.05) is 6.07 Å². The van der Waals surface area contributed by atoms with Crippen molar-refractivity contribution in [3.05, 3.63) is 22.4 Å². The zero-order valence-electron chi connectivity index (χ0n) is 17.3. The van der Waals surface area contributed by atoms with Gasteiger partial charge in [0.2, 0.25) is 15.9 Å². The number of thiophene rings is 1. The van der Waals surface area contributed by atoms with Crippen LogP contribution in [0.5, 0.6) is 0 Å². The van der Waals surface area contributed by atoms with Gasteiger partial charge in [-0.3, -0.25) is 4.79 Å². The van der Waals surface area contributed by atoms with Crippen LogP contribution < -0.4 is 10.6 Å². The van der Waals surface area contributed by atoms with Gasteiger partial charge in [-0.2, -0.15) is 0 Å². The molecule has 2 heterocycles. The van der Waals surface area contributed by atoms with Gasteiger partial charge in [0.05, 0.1) is 5.75 Å². The molecule has 0 unspecified atom stereocenters. The van der Waals surface area contributed by atoms with E-state index in [4.69, 9.17) is 0 Å². The molecule has 0 aromatic carbocycles. The van der Waals surface area contributed by atoms with Crippen LogP contribution in [0.2, 0.25) is 0 Å². The molecule has 8 nitrogen and oxygen atoms in total. The molecule has 0 saturated carbocycles. The van der Waals surface area contributed by atoms with Crippen molar-refractivity contribution in [2.45, 2.75) is 32.2 Å². The molecule has 2 N–H and O–H groups in total. The molecule has 0 aliphatic carbocycles. The monoisotopic (exact) mass is 557 g/mol. The maximum atomic E-state index is 12.0. The van der Waals surface area contributed by atoms with Crippen molar-refractivity contribution in [3.63, 3.8) is 0 Å². The third-order valence-corrected chi connectivity index (χ3v) is 7.49. The summed E-state index contributed by atoms with van der Waals surface area (Å²) in [7, 11) is 0.282. The Labute approximate surface area is 195 Å². The highest BCUT2D eigenvalue weighted by Gasteiger charge is 2.27. The van der Waals surface area contributed by atoms with Gasteiger partial charge in [0.15, 0.2) is 5.96 Å². The topological polar surface area (TPSA) is 94.1 Å². The summed E-state index contributed by atoms with van der Waals surface area (Å²) >= 11 is 1.71. The highest BCUT2D eigenvalue weighted by molar-refractivity contribution is 14.0. The van der Waals surface area contributed by atoms with E-state index < -0.39 is 10.0 Å². The predicted octanol–water partition coefficient (Wildman–Crippen LogP) is 1.35. The number of carbonyl (C=O) groups is 1. The Kier molecular flexibility index (Phi) is 11.4. The number of rotatable bonds is 8. The van der Waals surface area contributed by atoms with Crippen molar-refractivity contribution in [1.29, 1.82) is 0 Å². The first-order valence-electron chi connectivity index (χ1n) is 9.57. The average molecular weight is 558 g/mol. The predicted molar refractivity (Wildman–Crippen MR) is 130 cm³/mol. The van der Waals surface area contributed by atoms with Crippen LogP contribution in [0.25, 0.3) is 0 Å². The van der Waals surface area contributed by atoms with Crippen LogP contribution in [0, 0.1) is 0 Å². The fraction of sp³-hybridized carbons (Fsp3) is 0.667. The van der Waals surface area contributed by atoms with E-state index in [1.165, 1.54) is 9.78 Å². The molecular formula is C18H32IN5O3S2. The molecule has 1 amide bonds. The molecule has 1 fully saturated rings. The molecule has 0 radical (unpaired) electrons. The zero-order valence-corrected chi connectivity index (χ0v) is 21.2. The van der Waals surface area contributed by atoms with Crippen LogP contribution in [-0.2, 0) is 21.2 Å². The lowest BCUT2D eigenvalue weighted by Crippen LogP contribution is -2.50. The van der Waals surface area contributed by atoms with Crippen molar-refractivity contribution in [2.24, 2.45) is 4.99 Å². The molecule has 166 valence electrons. The lowest BCUT2D eigenvalue weighted by atomic mass is 10.1. The molecule has 1 aromatic rings. The van der Waals surface area contributed by atoms with Gasteiger partial charge < -0.3 is 15.5 Å². The van der Waals surface area contributed by atoms with E-state index in [-0.39, 0.29) is 48.2 Å². The van der Waals surface area contributed by atoms with E-state index in [0.717, 1.165) is 6.42 Å². The number of sulfonamides is 1. The SMILES string of the molecule is CCS(=O)(=O)N1CCC(NC(=NCC(=O)N(C)C)NCCc2cccs2)CC1.I. The largest absolute Gasteiger partial charge is 0.356 e. The summed E-state index contributed by atoms with van der Waals surface area (Å²) < 4.78 is 25.6. The molecule has 2 rings (SSSR count). The number of piperidine rings is 1. The van der Waals surface area contributed by atoms with E-state index in [9.17, 15) is 13.2 Å². The first kappa shape index (κ1) is 26.1. The highest BCUT2D eigenvalue weighted by Crippen LogP contribution is 2.14. The number of nitrogens with one attached hydrogen (secondary N) is 2. The van der Waals surface area contributed by atoms with Crippen LogP contribution in [0.3, 0.4) is 0 Å². The van der Waals surface area contributed by atoms with Crippen LogP contribution in [0.1, 0.15) is 24.6 Å². The van der Waals surface area contributed by atoms with Crippen molar-refractivity contribution in [1.82, 2.24) is 19.8 Å². The second-order valence-electron chi connectivity index (χ2n) is 6.93. The molecule has 0 spiro atoms. The number of nitrogens with zero attached hydrogens (tertiary/aromatic N) is 3. The molecule has 1 saturated heterocycles. The normalized spacial score (nSPS) is 16.2. The van der Waals surface area contributed by atoms with Crippen molar-refractivity contribution >= 4 is 57.2 Å². The standard InChI is InChI=1S/C18H31N5O3S2.HI/c1-4-28(25,26)23-11-8-15(9-12-23)21-18(20-14-17(24)22(2)3)19-10-7-16-6-5-13-27-16;/h5-6,13,15H,4,7-12,14H2,1-3H3,(H2,19,20,21);1H. The molecule has 1 aliphatic heterocycles. The first-order valence-corrected chi connectivity index (χ1v) is 12.1. The van der Waals surface area contributed by atoms with E-state index >= 15 is 0 Å². The summed E-state index contributed by atoms with van der Waals surface area (Å²) in [4.78, 5) is 19.1. The summed E-state index contributed by atoms with van der Waals surface area (Å²) in [5.74, 6) is 0.668. The number of likely N-dealkylation sites (N-methyl/N-ethyl adjacent to an activating group) is 1. The maximum absolute atomic E-state index is 12.0. The van der Waals surface area contributed by atoms with Gasteiger partial charge in [-0.25, -0.2) is 17.7 Å². The molecule has 0 atom stereocenters. The Morgan fingerprint density at radius 2 is 2.03 bits per heavy atom. The van der Waals surface area contributed by atoms with Crippen molar-refractivity contribution < 1.29 is 13.2 Å². The molecule has 1 aromatic heterocycles. The van der Waals surface area contributed by atoms with Crippen molar-refractivity contribution in [3.8, 4) is 0 Å². The zero-order chi connectivity index (χ0) is 20.6. The minimum absolute atomic E-state index is 0. The summed E-state index contributed by atoms with van der Waals surface area (Å²) in [6.45, 7) is 3.47. The number of hydrogen-bond acceptors (Lipinski definition) is 5. The van der Waals surface area contributed by atoms with Crippen molar-refractivity contribution in [2.75, 3.05) is 46.0 Å². The van der Waals surface area contributed by atoms with Gasteiger partial charge in [0.25, 0.3) is 0 Å².